The van der Waals surface area contributed by atoms with Gasteiger partial charge in [0.15, 0.2) is 0 Å². The van der Waals surface area contributed by atoms with Crippen molar-refractivity contribution in [2.75, 3.05) is 13.2 Å². The largest absolute Gasteiger partial charge is 0.396 e. The van der Waals surface area contributed by atoms with Gasteiger partial charge < -0.3 is 10.2 Å². The average Bonchev–Trinajstić information content (AvgIpc) is 1.41. The number of aliphatic hydroxyl groups excluding tert-OH is 2. The van der Waals surface area contributed by atoms with Crippen LogP contribution in [-0.2, 0) is 0 Å². The summed E-state index contributed by atoms with van der Waals surface area (Å²) >= 11 is 0. The lowest BCUT2D eigenvalue weighted by atomic mass is 10.5. The van der Waals surface area contributed by atoms with Gasteiger partial charge in [-0.15, -0.1) is 0 Å². The maximum absolute atomic E-state index is 7.91. The van der Waals surface area contributed by atoms with E-state index >= 15 is 0 Å². The third kappa shape index (κ3) is 24.7. The zero-order valence-corrected chi connectivity index (χ0v) is 3.02. The van der Waals surface area contributed by atoms with E-state index in [0.717, 1.165) is 0 Å². The fraction of sp³-hybridized carbons (Fsp3) is 1.00. The molecule has 0 saturated heterocycles. The monoisotopic (exact) mass is 108 g/mol. The lowest BCUT2D eigenvalue weighted by Gasteiger charge is -1.79. The van der Waals surface area contributed by atoms with Crippen molar-refractivity contribution in [3.63, 3.8) is 0 Å². The Balaban J connectivity index is -0.0000000800. The van der Waals surface area contributed by atoms with E-state index in [1.807, 2.05) is 0 Å². The molecule has 2 N–H and O–H groups in total. The summed E-state index contributed by atoms with van der Waals surface area (Å²) in [6, 6.07) is 0. The van der Waals surface area contributed by atoms with Crippen LogP contribution in [0.4, 0.5) is 0 Å². The summed E-state index contributed by atoms with van der Waals surface area (Å²) in [6.07, 6.45) is 0.500. The number of hydrogen-bond acceptors (Lipinski definition) is 2. The molecular weight excluding hydrogens is 92.1 g/mol. The molecule has 0 fully saturated rings. The Morgan fingerprint density at radius 3 is 1.14 bits per heavy atom. The van der Waals surface area contributed by atoms with Gasteiger partial charge in [0.2, 0.25) is 0 Å². The van der Waals surface area contributed by atoms with Crippen molar-refractivity contribution in [1.29, 1.82) is 0 Å². The number of rotatable bonds is 2. The van der Waals surface area contributed by atoms with Gasteiger partial charge in [-0.3, -0.25) is 0 Å². The zero-order chi connectivity index (χ0) is 4.12. The van der Waals surface area contributed by atoms with E-state index in [9.17, 15) is 0 Å². The van der Waals surface area contributed by atoms with Crippen molar-refractivity contribution in [3.05, 3.63) is 0 Å². The van der Waals surface area contributed by atoms with Gasteiger partial charge in [0, 0.05) is 13.2 Å². The van der Waals surface area contributed by atoms with Gasteiger partial charge in [0.1, 0.15) is 0 Å². The Morgan fingerprint density at radius 2 is 1.14 bits per heavy atom. The van der Waals surface area contributed by atoms with Gasteiger partial charge in [0.05, 0.1) is 0 Å². The maximum Gasteiger partial charge on any atom is 0.0452 e. The SMILES string of the molecule is C.C.OCCCO. The minimum absolute atomic E-state index is 0. The predicted octanol–water partition coefficient (Wildman–Crippen LogP) is 0.633. The second-order valence-electron chi connectivity index (χ2n) is 0.801. The number of hydrogen-bond donors (Lipinski definition) is 2. The highest BCUT2D eigenvalue weighted by Gasteiger charge is 1.70. The molecule has 0 aliphatic heterocycles. The van der Waals surface area contributed by atoms with Crippen molar-refractivity contribution in [3.8, 4) is 0 Å². The van der Waals surface area contributed by atoms with E-state index in [2.05, 4.69) is 0 Å². The molecule has 2 heteroatoms. The van der Waals surface area contributed by atoms with Crippen molar-refractivity contribution in [1.82, 2.24) is 0 Å². The van der Waals surface area contributed by atoms with E-state index in [1.54, 1.807) is 0 Å². The minimum atomic E-state index is 0. The first-order valence-electron chi connectivity index (χ1n) is 1.63. The molecule has 0 aromatic carbocycles. The first-order chi connectivity index (χ1) is 2.41. The van der Waals surface area contributed by atoms with Crippen LogP contribution in [0.25, 0.3) is 0 Å². The lowest BCUT2D eigenvalue weighted by molar-refractivity contribution is 0.221. The van der Waals surface area contributed by atoms with Gasteiger partial charge in [-0.2, -0.15) is 0 Å². The van der Waals surface area contributed by atoms with E-state index in [-0.39, 0.29) is 28.1 Å². The van der Waals surface area contributed by atoms with Crippen LogP contribution in [0.1, 0.15) is 21.3 Å². The molecule has 0 heterocycles. The van der Waals surface area contributed by atoms with Crippen LogP contribution in [0, 0.1) is 0 Å². The van der Waals surface area contributed by atoms with Crippen molar-refractivity contribution in [2.24, 2.45) is 0 Å². The van der Waals surface area contributed by atoms with Crippen LogP contribution in [-0.4, -0.2) is 23.4 Å². The fourth-order valence-corrected chi connectivity index (χ4v) is 0.0707. The Labute approximate surface area is 45.8 Å². The third-order valence-electron chi connectivity index (χ3n) is 0.316. The Morgan fingerprint density at radius 1 is 0.857 bits per heavy atom. The smallest absolute Gasteiger partial charge is 0.0452 e. The van der Waals surface area contributed by atoms with Gasteiger partial charge in [-0.05, 0) is 6.42 Å². The van der Waals surface area contributed by atoms with Crippen LogP contribution < -0.4 is 0 Å². The predicted molar refractivity (Wildman–Crippen MR) is 32.3 cm³/mol. The van der Waals surface area contributed by atoms with Crippen LogP contribution in [0.15, 0.2) is 0 Å². The Hall–Kier alpha value is -0.0800. The highest BCUT2D eigenvalue weighted by Crippen LogP contribution is 1.65. The topological polar surface area (TPSA) is 40.5 Å². The normalized spacial score (nSPS) is 6.00. The molecule has 0 rings (SSSR count). The fourth-order valence-electron chi connectivity index (χ4n) is 0.0707. The standard InChI is InChI=1S/C3H8O2.2CH4/c4-2-1-3-5;;/h4-5H,1-3H2;2*1H4. The molecule has 2 nitrogen and oxygen atoms in total. The van der Waals surface area contributed by atoms with Crippen LogP contribution in [0.2, 0.25) is 0 Å². The molecule has 0 spiro atoms. The van der Waals surface area contributed by atoms with Gasteiger partial charge >= 0.3 is 0 Å². The number of aliphatic hydroxyl groups is 2. The summed E-state index contributed by atoms with van der Waals surface area (Å²) in [6.45, 7) is 0.188. The van der Waals surface area contributed by atoms with Crippen molar-refractivity contribution >= 4 is 0 Å². The zero-order valence-electron chi connectivity index (χ0n) is 3.02. The van der Waals surface area contributed by atoms with Gasteiger partial charge in [-0.25, -0.2) is 0 Å². The second-order valence-corrected chi connectivity index (χ2v) is 0.801. The molecule has 0 saturated carbocycles. The highest BCUT2D eigenvalue weighted by molar-refractivity contribution is 4.22. The molecule has 7 heavy (non-hydrogen) atoms. The second kappa shape index (κ2) is 16.8. The average molecular weight is 108 g/mol. The summed E-state index contributed by atoms with van der Waals surface area (Å²) in [5, 5.41) is 15.8. The molecule has 0 unspecified atom stereocenters. The molecule has 0 atom stereocenters. The van der Waals surface area contributed by atoms with Gasteiger partial charge in [0.25, 0.3) is 0 Å². The molecule has 0 aliphatic carbocycles. The Bertz CT molecular complexity index is 13.6. The first kappa shape index (κ1) is 15.8. The molecule has 0 bridgehead atoms. The van der Waals surface area contributed by atoms with Crippen molar-refractivity contribution < 1.29 is 10.2 Å². The molecule has 0 aliphatic rings. The van der Waals surface area contributed by atoms with E-state index in [4.69, 9.17) is 10.2 Å². The molecule has 48 valence electrons. The third-order valence-corrected chi connectivity index (χ3v) is 0.316. The summed E-state index contributed by atoms with van der Waals surface area (Å²) in [5.74, 6) is 0. The Kier molecular flexibility index (Phi) is 37.9. The lowest BCUT2D eigenvalue weighted by Crippen LogP contribution is -1.85. The van der Waals surface area contributed by atoms with Crippen LogP contribution in [0.3, 0.4) is 0 Å². The van der Waals surface area contributed by atoms with Crippen molar-refractivity contribution in [2.45, 2.75) is 21.3 Å². The maximum atomic E-state index is 7.91. The van der Waals surface area contributed by atoms with Gasteiger partial charge in [-0.1, -0.05) is 14.9 Å². The van der Waals surface area contributed by atoms with E-state index < -0.39 is 0 Å². The first-order valence-corrected chi connectivity index (χ1v) is 1.63. The summed E-state index contributed by atoms with van der Waals surface area (Å²) < 4.78 is 0. The molecule has 0 radical (unpaired) electrons. The van der Waals surface area contributed by atoms with E-state index in [1.165, 1.54) is 0 Å². The summed E-state index contributed by atoms with van der Waals surface area (Å²) in [7, 11) is 0. The molecular formula is C5H16O2. The highest BCUT2D eigenvalue weighted by atomic mass is 16.3. The van der Waals surface area contributed by atoms with E-state index in [0.29, 0.717) is 6.42 Å². The molecule has 0 aromatic heterocycles. The summed E-state index contributed by atoms with van der Waals surface area (Å²) in [5.41, 5.74) is 0. The van der Waals surface area contributed by atoms with Crippen LogP contribution in [0.5, 0.6) is 0 Å². The quantitative estimate of drug-likeness (QED) is 0.544. The van der Waals surface area contributed by atoms with Crippen LogP contribution >= 0.6 is 0 Å². The molecule has 0 aromatic rings. The minimum Gasteiger partial charge on any atom is -0.396 e. The molecule has 0 amide bonds. The summed E-state index contributed by atoms with van der Waals surface area (Å²) in [4.78, 5) is 0.